The summed E-state index contributed by atoms with van der Waals surface area (Å²) in [6.07, 6.45) is 2.69. The molecule has 9 heteroatoms. The minimum Gasteiger partial charge on any atom is -0.379 e. The van der Waals surface area contributed by atoms with Crippen molar-refractivity contribution >= 4 is 27.1 Å². The van der Waals surface area contributed by atoms with E-state index in [0.29, 0.717) is 23.5 Å². The smallest absolute Gasteiger partial charge is 0.201 e. The molecule has 4 rings (SSSR count). The molecule has 6 nitrogen and oxygen atoms in total. The summed E-state index contributed by atoms with van der Waals surface area (Å²) in [5, 5.41) is 4.98. The maximum atomic E-state index is 14.5. The van der Waals surface area contributed by atoms with Crippen molar-refractivity contribution in [3.8, 4) is 0 Å². The number of nitrogens with one attached hydrogen (secondary N) is 1. The number of benzene rings is 1. The summed E-state index contributed by atoms with van der Waals surface area (Å²) in [5.41, 5.74) is 3.53. The van der Waals surface area contributed by atoms with Crippen LogP contribution < -0.4 is 5.32 Å². The van der Waals surface area contributed by atoms with Crippen molar-refractivity contribution in [3.63, 3.8) is 0 Å². The highest BCUT2D eigenvalue weighted by atomic mass is 32.2. The van der Waals surface area contributed by atoms with E-state index in [1.54, 1.807) is 23.6 Å². The summed E-state index contributed by atoms with van der Waals surface area (Å²) in [5.74, 6) is -0.418. The lowest BCUT2D eigenvalue weighted by atomic mass is 10.0. The zero-order chi connectivity index (χ0) is 21.1. The van der Waals surface area contributed by atoms with Crippen molar-refractivity contribution in [1.29, 1.82) is 0 Å². The number of hydrogen-bond acceptors (Lipinski definition) is 7. The second-order valence-corrected chi connectivity index (χ2v) is 10.1. The van der Waals surface area contributed by atoms with Crippen LogP contribution in [0.3, 0.4) is 0 Å². The Morgan fingerprint density at radius 1 is 1.27 bits per heavy atom. The molecule has 0 amide bonds. The highest BCUT2D eigenvalue weighted by molar-refractivity contribution is 7.90. The standard InChI is InChI=1S/C21H23FN4O2S2/c1-15-10-21(30(27,28)14-17-6-9-29-25-17)24-12-20(15)23-11-18-16(4-2-5-19(18)22)13-26-7-3-8-26/h2,4-6,9-10,12,23H,3,7-8,11,13-14H2,1H3. The average Bonchev–Trinajstić information content (AvgIpc) is 3.17. The second-order valence-electron chi connectivity index (χ2n) is 7.45. The third-order valence-corrected chi connectivity index (χ3v) is 7.38. The average molecular weight is 447 g/mol. The van der Waals surface area contributed by atoms with Crippen LogP contribution >= 0.6 is 11.5 Å². The van der Waals surface area contributed by atoms with Crippen molar-refractivity contribution in [2.24, 2.45) is 0 Å². The molecule has 0 unspecified atom stereocenters. The Bertz CT molecular complexity index is 1130. The van der Waals surface area contributed by atoms with Crippen LogP contribution in [0.2, 0.25) is 0 Å². The molecule has 0 atom stereocenters. The Labute approximate surface area is 179 Å². The van der Waals surface area contributed by atoms with E-state index < -0.39 is 9.84 Å². The van der Waals surface area contributed by atoms with Gasteiger partial charge in [0.25, 0.3) is 0 Å². The molecule has 1 fully saturated rings. The van der Waals surface area contributed by atoms with Crippen LogP contribution in [0.15, 0.2) is 46.9 Å². The molecule has 0 aliphatic carbocycles. The number of aryl methyl sites for hydroxylation is 1. The molecular weight excluding hydrogens is 423 g/mol. The molecule has 30 heavy (non-hydrogen) atoms. The Hall–Kier alpha value is -2.36. The van der Waals surface area contributed by atoms with Crippen LogP contribution in [0.4, 0.5) is 10.1 Å². The summed E-state index contributed by atoms with van der Waals surface area (Å²) < 4.78 is 43.7. The molecule has 2 aromatic heterocycles. The first-order chi connectivity index (χ1) is 14.4. The van der Waals surface area contributed by atoms with E-state index in [4.69, 9.17) is 0 Å². The quantitative estimate of drug-likeness (QED) is 0.568. The van der Waals surface area contributed by atoms with E-state index in [-0.39, 0.29) is 16.6 Å². The van der Waals surface area contributed by atoms with E-state index in [2.05, 4.69) is 19.6 Å². The fraction of sp³-hybridized carbons (Fsp3) is 0.333. The van der Waals surface area contributed by atoms with Gasteiger partial charge < -0.3 is 5.32 Å². The van der Waals surface area contributed by atoms with Gasteiger partial charge in [-0.05, 0) is 67.3 Å². The zero-order valence-electron chi connectivity index (χ0n) is 16.6. The molecule has 1 saturated heterocycles. The van der Waals surface area contributed by atoms with Crippen molar-refractivity contribution in [2.75, 3.05) is 18.4 Å². The number of likely N-dealkylation sites (tertiary alicyclic amines) is 1. The molecule has 1 aliphatic rings. The van der Waals surface area contributed by atoms with Crippen molar-refractivity contribution in [3.05, 3.63) is 70.1 Å². The number of nitrogens with zero attached hydrogens (tertiary/aromatic N) is 3. The Balaban J connectivity index is 1.48. The zero-order valence-corrected chi connectivity index (χ0v) is 18.3. The van der Waals surface area contributed by atoms with Gasteiger partial charge in [0.15, 0.2) is 5.03 Å². The molecule has 3 aromatic rings. The van der Waals surface area contributed by atoms with Crippen LogP contribution in [0.5, 0.6) is 0 Å². The predicted molar refractivity (Wildman–Crippen MR) is 116 cm³/mol. The summed E-state index contributed by atoms with van der Waals surface area (Å²) in [6.45, 7) is 4.95. The van der Waals surface area contributed by atoms with Gasteiger partial charge in [-0.15, -0.1) is 0 Å². The lowest BCUT2D eigenvalue weighted by molar-refractivity contribution is 0.172. The van der Waals surface area contributed by atoms with Gasteiger partial charge in [-0.2, -0.15) is 4.37 Å². The van der Waals surface area contributed by atoms with E-state index >= 15 is 0 Å². The summed E-state index contributed by atoms with van der Waals surface area (Å²) in [4.78, 5) is 6.43. The molecule has 0 saturated carbocycles. The molecule has 1 N–H and O–H groups in total. The van der Waals surface area contributed by atoms with E-state index in [9.17, 15) is 12.8 Å². The molecular formula is C21H23FN4O2S2. The van der Waals surface area contributed by atoms with Gasteiger partial charge in [0.05, 0.1) is 23.3 Å². The van der Waals surface area contributed by atoms with Gasteiger partial charge in [0.2, 0.25) is 9.84 Å². The molecule has 158 valence electrons. The number of halogens is 1. The SMILES string of the molecule is Cc1cc(S(=O)(=O)Cc2ccsn2)ncc1NCc1c(F)cccc1CN1CCC1. The third kappa shape index (κ3) is 4.69. The van der Waals surface area contributed by atoms with E-state index in [1.165, 1.54) is 30.2 Å². The summed E-state index contributed by atoms with van der Waals surface area (Å²) in [7, 11) is -3.57. The van der Waals surface area contributed by atoms with Crippen LogP contribution in [-0.2, 0) is 28.7 Å². The van der Waals surface area contributed by atoms with Crippen molar-refractivity contribution in [2.45, 2.75) is 37.2 Å². The second kappa shape index (κ2) is 8.79. The minimum absolute atomic E-state index is 0.0166. The monoisotopic (exact) mass is 446 g/mol. The number of aromatic nitrogens is 2. The first kappa shape index (κ1) is 20.9. The third-order valence-electron chi connectivity index (χ3n) is 5.25. The summed E-state index contributed by atoms with van der Waals surface area (Å²) >= 11 is 1.22. The van der Waals surface area contributed by atoms with E-state index in [1.807, 2.05) is 13.0 Å². The Kier molecular flexibility index (Phi) is 6.12. The normalized spacial score (nSPS) is 14.5. The lowest BCUT2D eigenvalue weighted by Gasteiger charge is -2.31. The highest BCUT2D eigenvalue weighted by Crippen LogP contribution is 2.23. The van der Waals surface area contributed by atoms with Gasteiger partial charge in [-0.25, -0.2) is 17.8 Å². The number of sulfone groups is 1. The van der Waals surface area contributed by atoms with Gasteiger partial charge in [-0.3, -0.25) is 4.90 Å². The molecule has 1 aliphatic heterocycles. The number of pyridine rings is 1. The van der Waals surface area contributed by atoms with Crippen molar-refractivity contribution in [1.82, 2.24) is 14.3 Å². The number of anilines is 1. The van der Waals surface area contributed by atoms with Gasteiger partial charge in [-0.1, -0.05) is 12.1 Å². The minimum atomic E-state index is -3.57. The van der Waals surface area contributed by atoms with Crippen LogP contribution in [-0.4, -0.2) is 35.8 Å². The van der Waals surface area contributed by atoms with Crippen LogP contribution in [0.25, 0.3) is 0 Å². The molecule has 3 heterocycles. The topological polar surface area (TPSA) is 75.2 Å². The predicted octanol–water partition coefficient (Wildman–Crippen LogP) is 3.78. The first-order valence-electron chi connectivity index (χ1n) is 9.73. The molecule has 0 bridgehead atoms. The maximum Gasteiger partial charge on any atom is 0.201 e. The van der Waals surface area contributed by atoms with Gasteiger partial charge in [0.1, 0.15) is 5.82 Å². The molecule has 0 radical (unpaired) electrons. The first-order valence-corrected chi connectivity index (χ1v) is 12.2. The highest BCUT2D eigenvalue weighted by Gasteiger charge is 2.20. The molecule has 1 aromatic carbocycles. The Morgan fingerprint density at radius 2 is 2.10 bits per heavy atom. The van der Waals surface area contributed by atoms with Crippen LogP contribution in [0.1, 0.15) is 28.8 Å². The largest absolute Gasteiger partial charge is 0.379 e. The number of rotatable bonds is 8. The number of hydrogen-bond donors (Lipinski definition) is 1. The summed E-state index contributed by atoms with van der Waals surface area (Å²) in [6, 6.07) is 8.40. The van der Waals surface area contributed by atoms with Crippen LogP contribution in [0, 0.1) is 12.7 Å². The molecule has 0 spiro atoms. The maximum absolute atomic E-state index is 14.5. The fourth-order valence-electron chi connectivity index (χ4n) is 3.38. The van der Waals surface area contributed by atoms with Crippen molar-refractivity contribution < 1.29 is 12.8 Å². The lowest BCUT2D eigenvalue weighted by Crippen LogP contribution is -2.36. The van der Waals surface area contributed by atoms with Gasteiger partial charge >= 0.3 is 0 Å². The van der Waals surface area contributed by atoms with E-state index in [0.717, 1.165) is 30.8 Å². The Morgan fingerprint density at radius 3 is 2.77 bits per heavy atom. The fourth-order valence-corrected chi connectivity index (χ4v) is 5.27. The van der Waals surface area contributed by atoms with Gasteiger partial charge in [0, 0.05) is 24.0 Å².